The first-order valence-corrected chi connectivity index (χ1v) is 10.1. The van der Waals surface area contributed by atoms with Gasteiger partial charge in [0.15, 0.2) is 0 Å². The third-order valence-corrected chi connectivity index (χ3v) is 5.52. The standard InChI is InChI=1S/C21H16BrN3O2S/c1-27-16-6-4-5-14(11-16)18-10-9-15(12-23)21(25-18)28-13-20(26)24-19-8-3-2-7-17(19)22/h2-11H,13H2,1H3,(H,24,26). The molecule has 1 N–H and O–H groups in total. The van der Waals surface area contributed by atoms with E-state index in [4.69, 9.17) is 4.74 Å². The molecule has 1 aromatic heterocycles. The molecule has 0 saturated carbocycles. The number of carbonyl (C=O) groups is 1. The summed E-state index contributed by atoms with van der Waals surface area (Å²) in [4.78, 5) is 16.9. The molecule has 7 heteroatoms. The third kappa shape index (κ3) is 4.91. The third-order valence-electron chi connectivity index (χ3n) is 3.83. The summed E-state index contributed by atoms with van der Waals surface area (Å²) in [5, 5.41) is 12.7. The van der Waals surface area contributed by atoms with Crippen LogP contribution in [-0.4, -0.2) is 23.8 Å². The number of benzene rings is 2. The van der Waals surface area contributed by atoms with Crippen molar-refractivity contribution >= 4 is 39.3 Å². The minimum absolute atomic E-state index is 0.143. The van der Waals surface area contributed by atoms with E-state index in [0.717, 1.165) is 15.8 Å². The van der Waals surface area contributed by atoms with E-state index in [9.17, 15) is 10.1 Å². The van der Waals surface area contributed by atoms with Crippen molar-refractivity contribution in [2.24, 2.45) is 0 Å². The number of amides is 1. The Balaban J connectivity index is 1.76. The van der Waals surface area contributed by atoms with Gasteiger partial charge in [-0.05, 0) is 52.3 Å². The lowest BCUT2D eigenvalue weighted by Gasteiger charge is -2.09. The molecule has 0 spiro atoms. The Morgan fingerprint density at radius 1 is 1.21 bits per heavy atom. The van der Waals surface area contributed by atoms with Crippen LogP contribution in [0.1, 0.15) is 5.56 Å². The Morgan fingerprint density at radius 3 is 2.79 bits per heavy atom. The van der Waals surface area contributed by atoms with Crippen LogP contribution in [0.2, 0.25) is 0 Å². The summed E-state index contributed by atoms with van der Waals surface area (Å²) in [6.07, 6.45) is 0. The van der Waals surface area contributed by atoms with Crippen molar-refractivity contribution in [2.45, 2.75) is 5.03 Å². The number of anilines is 1. The average molecular weight is 454 g/mol. The fourth-order valence-corrected chi connectivity index (χ4v) is 3.62. The molecule has 1 heterocycles. The summed E-state index contributed by atoms with van der Waals surface area (Å²) >= 11 is 4.63. The SMILES string of the molecule is COc1cccc(-c2ccc(C#N)c(SCC(=O)Nc3ccccc3Br)n2)c1. The molecule has 0 unspecified atom stereocenters. The molecule has 0 aliphatic heterocycles. The maximum absolute atomic E-state index is 12.3. The summed E-state index contributed by atoms with van der Waals surface area (Å²) in [6, 6.07) is 20.6. The molecular weight excluding hydrogens is 438 g/mol. The van der Waals surface area contributed by atoms with Gasteiger partial charge in [0.2, 0.25) is 5.91 Å². The van der Waals surface area contributed by atoms with E-state index in [2.05, 4.69) is 32.3 Å². The number of ether oxygens (including phenoxy) is 1. The van der Waals surface area contributed by atoms with E-state index in [1.165, 1.54) is 11.8 Å². The van der Waals surface area contributed by atoms with Gasteiger partial charge in [-0.15, -0.1) is 0 Å². The highest BCUT2D eigenvalue weighted by Gasteiger charge is 2.12. The van der Waals surface area contributed by atoms with Gasteiger partial charge in [-0.25, -0.2) is 4.98 Å². The molecule has 0 atom stereocenters. The molecule has 0 bridgehead atoms. The predicted molar refractivity (Wildman–Crippen MR) is 114 cm³/mol. The Kier molecular flexibility index (Phi) is 6.69. The van der Waals surface area contributed by atoms with Gasteiger partial charge in [0.1, 0.15) is 16.8 Å². The lowest BCUT2D eigenvalue weighted by atomic mass is 10.1. The fraction of sp³-hybridized carbons (Fsp3) is 0.0952. The lowest BCUT2D eigenvalue weighted by molar-refractivity contribution is -0.113. The van der Waals surface area contributed by atoms with Crippen molar-refractivity contribution in [1.82, 2.24) is 4.98 Å². The minimum Gasteiger partial charge on any atom is -0.497 e. The number of hydrogen-bond acceptors (Lipinski definition) is 5. The fourth-order valence-electron chi connectivity index (χ4n) is 2.46. The number of halogens is 1. The number of nitrogens with one attached hydrogen (secondary N) is 1. The molecule has 28 heavy (non-hydrogen) atoms. The topological polar surface area (TPSA) is 75.0 Å². The van der Waals surface area contributed by atoms with Crippen LogP contribution in [-0.2, 0) is 4.79 Å². The number of rotatable bonds is 6. The van der Waals surface area contributed by atoms with Crippen molar-refractivity contribution in [3.8, 4) is 23.1 Å². The second-order valence-electron chi connectivity index (χ2n) is 5.71. The molecule has 0 radical (unpaired) electrons. The number of carbonyl (C=O) groups excluding carboxylic acids is 1. The number of nitriles is 1. The second kappa shape index (κ2) is 9.40. The van der Waals surface area contributed by atoms with Crippen LogP contribution < -0.4 is 10.1 Å². The summed E-state index contributed by atoms with van der Waals surface area (Å²) < 4.78 is 6.06. The first-order chi connectivity index (χ1) is 13.6. The van der Waals surface area contributed by atoms with Crippen LogP contribution in [0, 0.1) is 11.3 Å². The Morgan fingerprint density at radius 2 is 2.04 bits per heavy atom. The molecule has 0 aliphatic carbocycles. The van der Waals surface area contributed by atoms with E-state index in [1.54, 1.807) is 19.2 Å². The molecule has 0 aliphatic rings. The van der Waals surface area contributed by atoms with Crippen LogP contribution >= 0.6 is 27.7 Å². The van der Waals surface area contributed by atoms with Gasteiger partial charge < -0.3 is 10.1 Å². The van der Waals surface area contributed by atoms with Gasteiger partial charge in [0.05, 0.1) is 29.8 Å². The van der Waals surface area contributed by atoms with E-state index in [-0.39, 0.29) is 11.7 Å². The Labute approximate surface area is 175 Å². The number of hydrogen-bond donors (Lipinski definition) is 1. The Bertz CT molecular complexity index is 1050. The molecule has 3 aromatic rings. The van der Waals surface area contributed by atoms with Crippen LogP contribution in [0.25, 0.3) is 11.3 Å². The maximum atomic E-state index is 12.3. The molecular formula is C21H16BrN3O2S. The lowest BCUT2D eigenvalue weighted by Crippen LogP contribution is -2.14. The van der Waals surface area contributed by atoms with Crippen molar-refractivity contribution in [2.75, 3.05) is 18.2 Å². The van der Waals surface area contributed by atoms with Crippen LogP contribution in [0.15, 0.2) is 70.2 Å². The second-order valence-corrected chi connectivity index (χ2v) is 7.53. The highest BCUT2D eigenvalue weighted by atomic mass is 79.9. The number of aromatic nitrogens is 1. The van der Waals surface area contributed by atoms with E-state index < -0.39 is 0 Å². The summed E-state index contributed by atoms with van der Waals surface area (Å²) in [7, 11) is 1.61. The van der Waals surface area contributed by atoms with E-state index in [1.807, 2.05) is 48.5 Å². The van der Waals surface area contributed by atoms with E-state index in [0.29, 0.717) is 22.0 Å². The number of pyridine rings is 1. The highest BCUT2D eigenvalue weighted by molar-refractivity contribution is 9.10. The van der Waals surface area contributed by atoms with Gasteiger partial charge in [0.25, 0.3) is 0 Å². The summed E-state index contributed by atoms with van der Waals surface area (Å²) in [5.74, 6) is 0.699. The summed E-state index contributed by atoms with van der Waals surface area (Å²) in [5.41, 5.74) is 2.73. The average Bonchev–Trinajstić information content (AvgIpc) is 2.73. The zero-order valence-corrected chi connectivity index (χ0v) is 17.4. The Hall–Kier alpha value is -2.82. The predicted octanol–water partition coefficient (Wildman–Crippen LogP) is 5.12. The first-order valence-electron chi connectivity index (χ1n) is 8.33. The molecule has 1 amide bonds. The zero-order chi connectivity index (χ0) is 19.9. The monoisotopic (exact) mass is 453 g/mol. The van der Waals surface area contributed by atoms with Gasteiger partial charge in [-0.1, -0.05) is 36.0 Å². The van der Waals surface area contributed by atoms with Crippen LogP contribution in [0.5, 0.6) is 5.75 Å². The van der Waals surface area contributed by atoms with Crippen molar-refractivity contribution in [3.63, 3.8) is 0 Å². The number of para-hydroxylation sites is 1. The van der Waals surface area contributed by atoms with E-state index >= 15 is 0 Å². The molecule has 2 aromatic carbocycles. The van der Waals surface area contributed by atoms with Gasteiger partial charge in [0, 0.05) is 10.0 Å². The molecule has 140 valence electrons. The van der Waals surface area contributed by atoms with Gasteiger partial charge >= 0.3 is 0 Å². The van der Waals surface area contributed by atoms with Crippen LogP contribution in [0.4, 0.5) is 5.69 Å². The summed E-state index contributed by atoms with van der Waals surface area (Å²) in [6.45, 7) is 0. The first kappa shape index (κ1) is 19.9. The van der Waals surface area contributed by atoms with Gasteiger partial charge in [-0.2, -0.15) is 5.26 Å². The molecule has 5 nitrogen and oxygen atoms in total. The quantitative estimate of drug-likeness (QED) is 0.524. The number of methoxy groups -OCH3 is 1. The molecule has 0 fully saturated rings. The highest BCUT2D eigenvalue weighted by Crippen LogP contribution is 2.28. The number of thioether (sulfide) groups is 1. The van der Waals surface area contributed by atoms with Crippen molar-refractivity contribution in [1.29, 1.82) is 5.26 Å². The minimum atomic E-state index is -0.172. The number of nitrogens with zero attached hydrogens (tertiary/aromatic N) is 2. The van der Waals surface area contributed by atoms with Gasteiger partial charge in [-0.3, -0.25) is 4.79 Å². The maximum Gasteiger partial charge on any atom is 0.234 e. The van der Waals surface area contributed by atoms with Crippen molar-refractivity contribution < 1.29 is 9.53 Å². The molecule has 0 saturated heterocycles. The van der Waals surface area contributed by atoms with Crippen molar-refractivity contribution in [3.05, 3.63) is 70.7 Å². The molecule has 3 rings (SSSR count). The smallest absolute Gasteiger partial charge is 0.234 e. The largest absolute Gasteiger partial charge is 0.497 e. The normalized spacial score (nSPS) is 10.2. The zero-order valence-electron chi connectivity index (χ0n) is 15.0. The van der Waals surface area contributed by atoms with Crippen LogP contribution in [0.3, 0.4) is 0 Å².